The van der Waals surface area contributed by atoms with Gasteiger partial charge in [0.15, 0.2) is 0 Å². The van der Waals surface area contributed by atoms with E-state index in [9.17, 15) is 8.78 Å². The molecule has 134 valence electrons. The van der Waals surface area contributed by atoms with Crippen LogP contribution in [0.15, 0.2) is 54.9 Å². The van der Waals surface area contributed by atoms with Gasteiger partial charge in [0.2, 0.25) is 5.95 Å². The minimum atomic E-state index is -2.85. The molecule has 2 N–H and O–H groups in total. The van der Waals surface area contributed by atoms with Crippen LogP contribution >= 0.6 is 0 Å². The lowest BCUT2D eigenvalue weighted by atomic mass is 10.2. The molecule has 6 nitrogen and oxygen atoms in total. The number of nitrogens with zero attached hydrogens (tertiary/aromatic N) is 3. The summed E-state index contributed by atoms with van der Waals surface area (Å²) in [5.41, 5.74) is 2.26. The number of nitrogens with one attached hydrogen (secondary N) is 2. The average Bonchev–Trinajstić information content (AvgIpc) is 2.64. The van der Waals surface area contributed by atoms with E-state index < -0.39 is 6.61 Å². The van der Waals surface area contributed by atoms with Gasteiger partial charge >= 0.3 is 6.61 Å². The van der Waals surface area contributed by atoms with Gasteiger partial charge < -0.3 is 15.4 Å². The molecule has 0 aliphatic heterocycles. The topological polar surface area (TPSA) is 72.0 Å². The normalized spacial score (nSPS) is 10.6. The first-order valence-electron chi connectivity index (χ1n) is 7.99. The van der Waals surface area contributed by atoms with Crippen LogP contribution in [0.25, 0.3) is 11.3 Å². The van der Waals surface area contributed by atoms with Gasteiger partial charge in [0.05, 0.1) is 5.69 Å². The first-order valence-corrected chi connectivity index (χ1v) is 7.99. The number of halogens is 2. The molecule has 0 saturated heterocycles. The van der Waals surface area contributed by atoms with E-state index in [0.717, 1.165) is 5.56 Å². The first-order chi connectivity index (χ1) is 12.6. The van der Waals surface area contributed by atoms with Crippen molar-refractivity contribution in [1.29, 1.82) is 0 Å². The highest BCUT2D eigenvalue weighted by molar-refractivity contribution is 5.67. The zero-order valence-corrected chi connectivity index (χ0v) is 14.0. The van der Waals surface area contributed by atoms with Gasteiger partial charge in [0.1, 0.15) is 11.6 Å². The SMILES string of the molecule is CCNc1nc(Nc2ccc(OC(F)F)cc2)cc(-c2cccnc2)n1. The molecule has 0 aliphatic carbocycles. The third-order valence-electron chi connectivity index (χ3n) is 3.37. The van der Waals surface area contributed by atoms with Crippen LogP contribution in [0.3, 0.4) is 0 Å². The second-order valence-electron chi connectivity index (χ2n) is 5.26. The number of anilines is 3. The maximum Gasteiger partial charge on any atom is 0.387 e. The Labute approximate surface area is 149 Å². The molecule has 1 aromatic carbocycles. The van der Waals surface area contributed by atoms with E-state index >= 15 is 0 Å². The zero-order valence-electron chi connectivity index (χ0n) is 14.0. The highest BCUT2D eigenvalue weighted by Gasteiger charge is 2.08. The Morgan fingerprint density at radius 1 is 1.12 bits per heavy atom. The van der Waals surface area contributed by atoms with E-state index in [0.29, 0.717) is 29.7 Å². The number of benzene rings is 1. The van der Waals surface area contributed by atoms with Gasteiger partial charge in [-0.2, -0.15) is 13.8 Å². The maximum atomic E-state index is 12.2. The van der Waals surface area contributed by atoms with Crippen molar-refractivity contribution in [2.45, 2.75) is 13.5 Å². The highest BCUT2D eigenvalue weighted by Crippen LogP contribution is 2.24. The van der Waals surface area contributed by atoms with Crippen LogP contribution < -0.4 is 15.4 Å². The predicted molar refractivity (Wildman–Crippen MR) is 95.8 cm³/mol. The van der Waals surface area contributed by atoms with Crippen LogP contribution in [-0.2, 0) is 0 Å². The molecule has 0 bridgehead atoms. The molecule has 0 unspecified atom stereocenters. The molecule has 2 aromatic heterocycles. The summed E-state index contributed by atoms with van der Waals surface area (Å²) in [4.78, 5) is 13.0. The Morgan fingerprint density at radius 2 is 1.92 bits per heavy atom. The number of ether oxygens (including phenoxy) is 1. The van der Waals surface area contributed by atoms with Crippen LogP contribution in [0.4, 0.5) is 26.2 Å². The van der Waals surface area contributed by atoms with Crippen LogP contribution in [0.5, 0.6) is 5.75 Å². The fourth-order valence-corrected chi connectivity index (χ4v) is 2.28. The van der Waals surface area contributed by atoms with Crippen LogP contribution in [0.1, 0.15) is 6.92 Å². The number of pyridine rings is 1. The summed E-state index contributed by atoms with van der Waals surface area (Å²) in [5, 5.41) is 6.23. The standard InChI is InChI=1S/C18H17F2N5O/c1-2-22-18-24-15(12-4-3-9-21-11-12)10-16(25-18)23-13-5-7-14(8-6-13)26-17(19)20/h3-11,17H,2H2,1H3,(H2,22,23,24,25). The molecule has 26 heavy (non-hydrogen) atoms. The first kappa shape index (κ1) is 17.5. The lowest BCUT2D eigenvalue weighted by Crippen LogP contribution is -2.05. The van der Waals surface area contributed by atoms with E-state index in [1.807, 2.05) is 19.1 Å². The van der Waals surface area contributed by atoms with E-state index in [1.54, 1.807) is 30.6 Å². The van der Waals surface area contributed by atoms with Crippen LogP contribution in [0.2, 0.25) is 0 Å². The number of aromatic nitrogens is 3. The van der Waals surface area contributed by atoms with Crippen LogP contribution in [0, 0.1) is 0 Å². The third kappa shape index (κ3) is 4.62. The summed E-state index contributed by atoms with van der Waals surface area (Å²) in [6.45, 7) is -0.217. The van der Waals surface area contributed by atoms with Gasteiger partial charge in [-0.25, -0.2) is 4.98 Å². The number of alkyl halides is 2. The number of hydrogen-bond acceptors (Lipinski definition) is 6. The van der Waals surface area contributed by atoms with Gasteiger partial charge in [-0.05, 0) is 43.3 Å². The van der Waals surface area contributed by atoms with Gasteiger partial charge in [0, 0.05) is 36.3 Å². The molecule has 2 heterocycles. The van der Waals surface area contributed by atoms with E-state index in [2.05, 4.69) is 30.3 Å². The fraction of sp³-hybridized carbons (Fsp3) is 0.167. The summed E-state index contributed by atoms with van der Waals surface area (Å²) in [6.07, 6.45) is 3.41. The largest absolute Gasteiger partial charge is 0.435 e. The van der Waals surface area contributed by atoms with Crippen molar-refractivity contribution in [2.24, 2.45) is 0 Å². The molecule has 3 rings (SSSR count). The van der Waals surface area contributed by atoms with Gasteiger partial charge in [-0.3, -0.25) is 4.98 Å². The fourth-order valence-electron chi connectivity index (χ4n) is 2.28. The second-order valence-corrected chi connectivity index (χ2v) is 5.26. The van der Waals surface area contributed by atoms with Gasteiger partial charge in [-0.15, -0.1) is 0 Å². The minimum Gasteiger partial charge on any atom is -0.435 e. The van der Waals surface area contributed by atoms with Gasteiger partial charge in [0.25, 0.3) is 0 Å². The predicted octanol–water partition coefficient (Wildman–Crippen LogP) is 4.32. The molecule has 0 amide bonds. The Kier molecular flexibility index (Phi) is 5.52. The summed E-state index contributed by atoms with van der Waals surface area (Å²) >= 11 is 0. The highest BCUT2D eigenvalue weighted by atomic mass is 19.3. The molecular formula is C18H17F2N5O. The third-order valence-corrected chi connectivity index (χ3v) is 3.37. The molecule has 0 spiro atoms. The Bertz CT molecular complexity index is 844. The van der Waals surface area contributed by atoms with E-state index in [4.69, 9.17) is 0 Å². The lowest BCUT2D eigenvalue weighted by molar-refractivity contribution is -0.0498. The molecule has 8 heteroatoms. The van der Waals surface area contributed by atoms with Crippen molar-refractivity contribution in [1.82, 2.24) is 15.0 Å². The van der Waals surface area contributed by atoms with Crippen molar-refractivity contribution in [3.63, 3.8) is 0 Å². The minimum absolute atomic E-state index is 0.0950. The quantitative estimate of drug-likeness (QED) is 0.656. The van der Waals surface area contributed by atoms with Crippen LogP contribution in [-0.4, -0.2) is 28.1 Å². The molecule has 0 atom stereocenters. The van der Waals surface area contributed by atoms with Crippen molar-refractivity contribution in [3.8, 4) is 17.0 Å². The molecule has 0 saturated carbocycles. The number of rotatable bonds is 7. The summed E-state index contributed by atoms with van der Waals surface area (Å²) in [5.74, 6) is 1.14. The smallest absolute Gasteiger partial charge is 0.387 e. The number of hydrogen-bond donors (Lipinski definition) is 2. The van der Waals surface area contributed by atoms with Crippen molar-refractivity contribution >= 4 is 17.5 Å². The summed E-state index contributed by atoms with van der Waals surface area (Å²) in [6, 6.07) is 11.7. The van der Waals surface area contributed by atoms with E-state index in [1.165, 1.54) is 12.1 Å². The molecule has 3 aromatic rings. The molecular weight excluding hydrogens is 340 g/mol. The van der Waals surface area contributed by atoms with Gasteiger partial charge in [-0.1, -0.05) is 0 Å². The monoisotopic (exact) mass is 357 g/mol. The average molecular weight is 357 g/mol. The Balaban J connectivity index is 1.85. The van der Waals surface area contributed by atoms with E-state index in [-0.39, 0.29) is 5.75 Å². The second kappa shape index (κ2) is 8.19. The molecule has 0 fully saturated rings. The zero-order chi connectivity index (χ0) is 18.4. The van der Waals surface area contributed by atoms with Crippen molar-refractivity contribution in [2.75, 3.05) is 17.2 Å². The van der Waals surface area contributed by atoms with Crippen molar-refractivity contribution < 1.29 is 13.5 Å². The maximum absolute atomic E-state index is 12.2. The summed E-state index contributed by atoms with van der Waals surface area (Å²) in [7, 11) is 0. The Morgan fingerprint density at radius 3 is 2.58 bits per heavy atom. The molecule has 0 radical (unpaired) electrons. The Hall–Kier alpha value is -3.29. The van der Waals surface area contributed by atoms with Crippen molar-refractivity contribution in [3.05, 3.63) is 54.9 Å². The molecule has 0 aliphatic rings. The lowest BCUT2D eigenvalue weighted by Gasteiger charge is -2.11. The summed E-state index contributed by atoms with van der Waals surface area (Å²) < 4.78 is 28.8.